The molecule has 0 bridgehead atoms. The largest absolute Gasteiger partial charge is 0.487 e. The first-order valence-electron chi connectivity index (χ1n) is 18.7. The van der Waals surface area contributed by atoms with E-state index in [4.69, 9.17) is 37.9 Å². The van der Waals surface area contributed by atoms with E-state index >= 15 is 26.3 Å². The van der Waals surface area contributed by atoms with Crippen LogP contribution in [0.1, 0.15) is 38.8 Å². The Morgan fingerprint density at radius 1 is 0.439 bits per heavy atom. The molecule has 2 aromatic carbocycles. The molecule has 6 aliphatic rings. The van der Waals surface area contributed by atoms with Crippen LogP contribution in [0.4, 0.5) is 26.3 Å². The molecule has 0 amide bonds. The van der Waals surface area contributed by atoms with E-state index in [1.165, 1.54) is 37.4 Å². The molecule has 2 aliphatic carbocycles. The lowest BCUT2D eigenvalue weighted by Crippen LogP contribution is -2.49. The molecule has 4 heterocycles. The molecule has 0 radical (unpaired) electrons. The summed E-state index contributed by atoms with van der Waals surface area (Å²) in [6.45, 7) is 9.96. The van der Waals surface area contributed by atoms with E-state index in [0.29, 0.717) is 83.6 Å². The van der Waals surface area contributed by atoms with E-state index in [1.807, 2.05) is 0 Å². The number of hydrogen-bond donors (Lipinski definition) is 0. The molecule has 4 aliphatic heterocycles. The molecule has 1 saturated carbocycles. The third-order valence-corrected chi connectivity index (χ3v) is 14.8. The molecule has 2 atom stereocenters. The lowest BCUT2D eigenvalue weighted by Gasteiger charge is -2.48. The third kappa shape index (κ3) is 6.39. The minimum atomic E-state index is -5.69. The van der Waals surface area contributed by atoms with Gasteiger partial charge < -0.3 is 37.9 Å². The fraction of sp³-hybridized carbons (Fsp3) is 0.512. The number of benzene rings is 2. The highest BCUT2D eigenvalue weighted by atomic mass is 32.2. The van der Waals surface area contributed by atoms with Crippen molar-refractivity contribution in [1.82, 2.24) is 0 Å². The van der Waals surface area contributed by atoms with Crippen molar-refractivity contribution < 1.29 is 64.2 Å². The highest BCUT2D eigenvalue weighted by Crippen LogP contribution is 2.77. The van der Waals surface area contributed by atoms with Gasteiger partial charge in [0.15, 0.2) is 23.0 Å². The molecule has 57 heavy (non-hydrogen) atoms. The summed E-state index contributed by atoms with van der Waals surface area (Å²) in [7, 11) is 0. The summed E-state index contributed by atoms with van der Waals surface area (Å²) in [6, 6.07) is 10.2. The summed E-state index contributed by atoms with van der Waals surface area (Å²) in [5.74, 6) is -14.5. The van der Waals surface area contributed by atoms with Gasteiger partial charge in [0, 0.05) is 21.0 Å². The van der Waals surface area contributed by atoms with E-state index in [2.05, 4.69) is 0 Å². The van der Waals surface area contributed by atoms with Crippen LogP contribution in [0.3, 0.4) is 0 Å². The van der Waals surface area contributed by atoms with E-state index < -0.39 is 38.4 Å². The minimum Gasteiger partial charge on any atom is -0.487 e. The monoisotopic (exact) mass is 840 g/mol. The first kappa shape index (κ1) is 40.5. The smallest absolute Gasteiger partial charge is 0.380 e. The topological polar surface area (TPSA) is 73.8 Å². The highest BCUT2D eigenvalue weighted by Gasteiger charge is 2.84. The number of thioether (sulfide) groups is 2. The number of alkyl halides is 6. The number of fused-ring (bicyclic) bond motifs is 6. The predicted octanol–water partition coefficient (Wildman–Crippen LogP) is 8.99. The van der Waals surface area contributed by atoms with Gasteiger partial charge in [-0.15, -0.1) is 23.5 Å². The molecule has 1 fully saturated rings. The average molecular weight is 841 g/mol. The van der Waals surface area contributed by atoms with Crippen molar-refractivity contribution in [2.45, 2.75) is 55.0 Å². The number of rotatable bonds is 2. The maximum Gasteiger partial charge on any atom is 0.380 e. The van der Waals surface area contributed by atoms with Crippen molar-refractivity contribution in [3.05, 3.63) is 81.0 Å². The fourth-order valence-corrected chi connectivity index (χ4v) is 11.7. The van der Waals surface area contributed by atoms with Crippen LogP contribution in [0.15, 0.2) is 69.8 Å². The van der Waals surface area contributed by atoms with Gasteiger partial charge in [0.25, 0.3) is 0 Å². The van der Waals surface area contributed by atoms with Crippen molar-refractivity contribution in [2.75, 3.05) is 79.3 Å². The second kappa shape index (κ2) is 15.1. The summed E-state index contributed by atoms with van der Waals surface area (Å²) < 4.78 is 140. The Morgan fingerprint density at radius 2 is 0.754 bits per heavy atom. The van der Waals surface area contributed by atoms with E-state index in [1.54, 1.807) is 50.2 Å². The second-order valence-corrected chi connectivity index (χ2v) is 17.4. The predicted molar refractivity (Wildman–Crippen MR) is 204 cm³/mol. The van der Waals surface area contributed by atoms with Gasteiger partial charge in [-0.1, -0.05) is 0 Å². The first-order valence-corrected chi connectivity index (χ1v) is 20.3. The lowest BCUT2D eigenvalue weighted by molar-refractivity contribution is -0.258. The SMILES string of the molecule is CC1=C(c2ccc3c(c2)OCCOCCOCCO3)S[C@]2(C)C1=C1C(=C3C(C)=C(c4ccc5c(c4)OCCOCCOCCO5)S[C@]32C)C(F)(F)C(F)(F)C1(F)F. The number of halogens is 6. The molecule has 308 valence electrons. The lowest BCUT2D eigenvalue weighted by atomic mass is 9.68. The Bertz CT molecular complexity index is 1940. The van der Waals surface area contributed by atoms with Crippen molar-refractivity contribution in [1.29, 1.82) is 0 Å². The molecule has 2 aromatic rings. The Kier molecular flexibility index (Phi) is 10.7. The van der Waals surface area contributed by atoms with Gasteiger partial charge in [-0.3, -0.25) is 0 Å². The van der Waals surface area contributed by atoms with Crippen molar-refractivity contribution in [3.63, 3.8) is 0 Å². The zero-order chi connectivity index (χ0) is 40.4. The van der Waals surface area contributed by atoms with Gasteiger partial charge in [-0.05, 0) is 97.5 Å². The van der Waals surface area contributed by atoms with Crippen LogP contribution in [-0.4, -0.2) is 107 Å². The maximum absolute atomic E-state index is 16.3. The molecule has 8 nitrogen and oxygen atoms in total. The Labute approximate surface area is 334 Å². The maximum atomic E-state index is 16.3. The van der Waals surface area contributed by atoms with Gasteiger partial charge in [0.05, 0.1) is 62.3 Å². The van der Waals surface area contributed by atoms with Crippen LogP contribution in [0, 0.1) is 0 Å². The van der Waals surface area contributed by atoms with Crippen LogP contribution in [-0.2, 0) is 18.9 Å². The number of allylic oxidation sites excluding steroid dienone is 4. The average Bonchev–Trinajstić information content (AvgIpc) is 3.64. The molecule has 0 N–H and O–H groups in total. The van der Waals surface area contributed by atoms with Crippen LogP contribution < -0.4 is 18.9 Å². The van der Waals surface area contributed by atoms with Gasteiger partial charge in [0.2, 0.25) is 0 Å². The zero-order valence-electron chi connectivity index (χ0n) is 31.8. The second-order valence-electron chi connectivity index (χ2n) is 14.6. The third-order valence-electron chi connectivity index (χ3n) is 11.2. The zero-order valence-corrected chi connectivity index (χ0v) is 33.4. The molecule has 0 saturated heterocycles. The summed E-state index contributed by atoms with van der Waals surface area (Å²) in [6.07, 6.45) is 0. The standard InChI is InChI=1S/C41H42F6O8S2/c1-23-31-33-34(40(44,45)41(46,47)39(33,42)43)32-24(2)36(26-6-8-28-30(22-26)55-20-16-51-12-10-49-14-18-53-28)57-38(32,4)37(31,3)56-35(23)25-5-7-27-29(21-25)54-19-15-50-11-9-48-13-17-52-27/h5-8,21-22H,9-20H2,1-4H3/t37-,38-/m1/s1. The Morgan fingerprint density at radius 3 is 1.11 bits per heavy atom. The van der Waals surface area contributed by atoms with Gasteiger partial charge in [-0.2, -0.15) is 26.3 Å². The summed E-state index contributed by atoms with van der Waals surface area (Å²) in [5.41, 5.74) is -1.60. The molecular formula is C41H42F6O8S2. The molecule has 16 heteroatoms. The highest BCUT2D eigenvalue weighted by molar-refractivity contribution is 8.14. The van der Waals surface area contributed by atoms with Crippen molar-refractivity contribution in [2.24, 2.45) is 0 Å². The molecular weight excluding hydrogens is 799 g/mol. The van der Waals surface area contributed by atoms with Crippen molar-refractivity contribution in [3.8, 4) is 23.0 Å². The van der Waals surface area contributed by atoms with Crippen LogP contribution in [0.25, 0.3) is 9.81 Å². The molecule has 0 spiro atoms. The quantitative estimate of drug-likeness (QED) is 0.274. The van der Waals surface area contributed by atoms with E-state index in [-0.39, 0.29) is 61.9 Å². The first-order chi connectivity index (χ1) is 27.1. The summed E-state index contributed by atoms with van der Waals surface area (Å²) in [5, 5.41) is 0. The Hall–Kier alpha value is -3.28. The van der Waals surface area contributed by atoms with Gasteiger partial charge in [0.1, 0.15) is 26.4 Å². The van der Waals surface area contributed by atoms with Crippen LogP contribution >= 0.6 is 23.5 Å². The molecule has 0 aromatic heterocycles. The van der Waals surface area contributed by atoms with E-state index in [0.717, 1.165) is 0 Å². The van der Waals surface area contributed by atoms with E-state index in [9.17, 15) is 0 Å². The number of hydrogen-bond acceptors (Lipinski definition) is 10. The van der Waals surface area contributed by atoms with Gasteiger partial charge in [-0.25, -0.2) is 0 Å². The molecule has 8 rings (SSSR count). The van der Waals surface area contributed by atoms with Crippen LogP contribution in [0.2, 0.25) is 0 Å². The number of ether oxygens (including phenoxy) is 8. The van der Waals surface area contributed by atoms with Crippen molar-refractivity contribution >= 4 is 33.3 Å². The summed E-state index contributed by atoms with van der Waals surface area (Å²) in [4.78, 5) is 0.938. The summed E-state index contributed by atoms with van der Waals surface area (Å²) >= 11 is 2.40. The normalized spacial score (nSPS) is 28.8. The minimum absolute atomic E-state index is 0.176. The fourth-order valence-electron chi connectivity index (χ4n) is 8.32. The van der Waals surface area contributed by atoms with Gasteiger partial charge >= 0.3 is 17.8 Å². The molecule has 0 unspecified atom stereocenters. The van der Waals surface area contributed by atoms with Crippen LogP contribution in [0.5, 0.6) is 23.0 Å². The Balaban J connectivity index is 1.25.